The second-order valence-corrected chi connectivity index (χ2v) is 8.66. The Balaban J connectivity index is 1.82. The Bertz CT molecular complexity index is 900. The first-order valence-electron chi connectivity index (χ1n) is 10.3. The number of benzene rings is 2. The van der Waals surface area contributed by atoms with Crippen LogP contribution >= 0.6 is 15.9 Å². The number of rotatable bonds is 10. The summed E-state index contributed by atoms with van der Waals surface area (Å²) in [5.41, 5.74) is 6.44. The number of aliphatic imine (C=N–C) groups is 1. The van der Waals surface area contributed by atoms with E-state index in [0.29, 0.717) is 31.1 Å². The van der Waals surface area contributed by atoms with E-state index in [1.165, 1.54) is 0 Å². The summed E-state index contributed by atoms with van der Waals surface area (Å²) in [6, 6.07) is 15.3. The predicted molar refractivity (Wildman–Crippen MR) is 123 cm³/mol. The van der Waals surface area contributed by atoms with Crippen molar-refractivity contribution in [3.63, 3.8) is 0 Å². The number of amides is 1. The monoisotopic (exact) mass is 489 g/mol. The normalized spacial score (nSPS) is 17.9. The van der Waals surface area contributed by atoms with Crippen LogP contribution in [0.3, 0.4) is 0 Å². The number of halogens is 1. The van der Waals surface area contributed by atoms with Crippen molar-refractivity contribution >= 4 is 27.7 Å². The van der Waals surface area contributed by atoms with Crippen LogP contribution in [0.1, 0.15) is 31.4 Å². The van der Waals surface area contributed by atoms with E-state index in [2.05, 4.69) is 26.8 Å². The highest BCUT2D eigenvalue weighted by Crippen LogP contribution is 2.28. The number of hydrogen-bond donors (Lipinski definition) is 3. The number of ether oxygens (including phenoxy) is 2. The van der Waals surface area contributed by atoms with E-state index < -0.39 is 5.54 Å². The number of aliphatic hydroxyl groups is 1. The SMILES string of the molecule is CC(C)NNC(=O)[C@]1(Cc2ccc(Br)cc2)COC(c2ccc(OCCCO)cc2)=N1. The summed E-state index contributed by atoms with van der Waals surface area (Å²) >= 11 is 3.44. The Hall–Kier alpha value is -2.42. The molecule has 0 unspecified atom stereocenters. The zero-order valence-electron chi connectivity index (χ0n) is 17.7. The van der Waals surface area contributed by atoms with Crippen molar-refractivity contribution in [3.05, 3.63) is 64.1 Å². The highest BCUT2D eigenvalue weighted by atomic mass is 79.9. The molecule has 2 aromatic carbocycles. The van der Waals surface area contributed by atoms with Crippen LogP contribution in [0.15, 0.2) is 58.0 Å². The summed E-state index contributed by atoms with van der Waals surface area (Å²) in [7, 11) is 0. The lowest BCUT2D eigenvalue weighted by atomic mass is 9.91. The molecule has 0 saturated heterocycles. The van der Waals surface area contributed by atoms with Gasteiger partial charge in [0.05, 0.1) is 6.61 Å². The van der Waals surface area contributed by atoms with Gasteiger partial charge in [0.1, 0.15) is 12.4 Å². The highest BCUT2D eigenvalue weighted by Gasteiger charge is 2.44. The van der Waals surface area contributed by atoms with Crippen molar-refractivity contribution in [1.29, 1.82) is 0 Å². The number of hydrazine groups is 1. The maximum Gasteiger partial charge on any atom is 0.266 e. The van der Waals surface area contributed by atoms with Crippen LogP contribution in [-0.2, 0) is 16.0 Å². The number of carbonyl (C=O) groups is 1. The Kier molecular flexibility index (Phi) is 8.06. The minimum absolute atomic E-state index is 0.0942. The smallest absolute Gasteiger partial charge is 0.266 e. The van der Waals surface area contributed by atoms with Crippen LogP contribution < -0.4 is 15.6 Å². The molecule has 1 aliphatic rings. The number of nitrogens with one attached hydrogen (secondary N) is 2. The van der Waals surface area contributed by atoms with Gasteiger partial charge in [0.2, 0.25) is 5.90 Å². The molecule has 3 N–H and O–H groups in total. The fraction of sp³-hybridized carbons (Fsp3) is 0.391. The van der Waals surface area contributed by atoms with Crippen molar-refractivity contribution in [2.24, 2.45) is 4.99 Å². The fourth-order valence-electron chi connectivity index (χ4n) is 3.10. The average Bonchev–Trinajstić information content (AvgIpc) is 3.19. The second kappa shape index (κ2) is 10.7. The molecule has 0 aromatic heterocycles. The van der Waals surface area contributed by atoms with Crippen molar-refractivity contribution < 1.29 is 19.4 Å². The standard InChI is InChI=1S/C23H28BrN3O4/c1-16(2)26-27-22(29)23(14-17-4-8-19(24)9-5-17)15-31-21(25-23)18-6-10-20(11-7-18)30-13-3-12-28/h4-11,16,26,28H,3,12-15H2,1-2H3,(H,27,29)/t23-/m0/s1. The molecule has 0 aliphatic carbocycles. The van der Waals surface area contributed by atoms with Crippen LogP contribution in [0.2, 0.25) is 0 Å². The summed E-state index contributed by atoms with van der Waals surface area (Å²) in [4.78, 5) is 17.9. The van der Waals surface area contributed by atoms with Crippen LogP contribution in [-0.4, -0.2) is 48.3 Å². The van der Waals surface area contributed by atoms with Gasteiger partial charge in [0, 0.05) is 35.5 Å². The lowest BCUT2D eigenvalue weighted by Gasteiger charge is -2.24. The summed E-state index contributed by atoms with van der Waals surface area (Å²) in [6.07, 6.45) is 0.993. The van der Waals surface area contributed by atoms with E-state index in [1.807, 2.05) is 62.4 Å². The predicted octanol–water partition coefficient (Wildman–Crippen LogP) is 3.00. The molecule has 0 fully saturated rings. The summed E-state index contributed by atoms with van der Waals surface area (Å²) in [6.45, 7) is 4.60. The average molecular weight is 490 g/mol. The van der Waals surface area contributed by atoms with E-state index in [9.17, 15) is 4.79 Å². The molecule has 0 saturated carbocycles. The maximum absolute atomic E-state index is 13.1. The summed E-state index contributed by atoms with van der Waals surface area (Å²) in [5.74, 6) is 0.901. The molecule has 3 rings (SSSR count). The van der Waals surface area contributed by atoms with Crippen molar-refractivity contribution in [2.75, 3.05) is 19.8 Å². The van der Waals surface area contributed by atoms with E-state index in [0.717, 1.165) is 15.6 Å². The minimum atomic E-state index is -1.07. The molecule has 0 bridgehead atoms. The maximum atomic E-state index is 13.1. The summed E-state index contributed by atoms with van der Waals surface area (Å²) in [5, 5.41) is 8.86. The summed E-state index contributed by atoms with van der Waals surface area (Å²) < 4.78 is 12.4. The molecule has 31 heavy (non-hydrogen) atoms. The molecule has 166 valence electrons. The van der Waals surface area contributed by atoms with E-state index in [1.54, 1.807) is 0 Å². The zero-order chi connectivity index (χ0) is 22.3. The third-order valence-electron chi connectivity index (χ3n) is 4.74. The largest absolute Gasteiger partial charge is 0.494 e. The Morgan fingerprint density at radius 2 is 1.94 bits per heavy atom. The molecule has 2 aromatic rings. The molecule has 1 heterocycles. The van der Waals surface area contributed by atoms with E-state index in [-0.39, 0.29) is 25.2 Å². The quantitative estimate of drug-likeness (QED) is 0.352. The van der Waals surface area contributed by atoms with Gasteiger partial charge in [-0.05, 0) is 55.8 Å². The third kappa shape index (κ3) is 6.29. The van der Waals surface area contributed by atoms with Gasteiger partial charge < -0.3 is 14.6 Å². The topological polar surface area (TPSA) is 92.2 Å². The van der Waals surface area contributed by atoms with Gasteiger partial charge in [0.15, 0.2) is 5.54 Å². The number of aliphatic hydroxyl groups excluding tert-OH is 1. The van der Waals surface area contributed by atoms with Crippen molar-refractivity contribution in [1.82, 2.24) is 10.9 Å². The molecule has 1 amide bonds. The Morgan fingerprint density at radius 1 is 1.23 bits per heavy atom. The number of carbonyl (C=O) groups excluding carboxylic acids is 1. The molecule has 1 atom stereocenters. The van der Waals surface area contributed by atoms with Crippen LogP contribution in [0.25, 0.3) is 0 Å². The van der Waals surface area contributed by atoms with Crippen LogP contribution in [0, 0.1) is 0 Å². The Morgan fingerprint density at radius 3 is 2.58 bits per heavy atom. The lowest BCUT2D eigenvalue weighted by Crippen LogP contribution is -2.54. The van der Waals surface area contributed by atoms with Gasteiger partial charge in [-0.15, -0.1) is 0 Å². The van der Waals surface area contributed by atoms with E-state index >= 15 is 0 Å². The molecule has 0 spiro atoms. The Labute approximate surface area is 191 Å². The van der Waals surface area contributed by atoms with Crippen molar-refractivity contribution in [3.8, 4) is 5.75 Å². The van der Waals surface area contributed by atoms with Gasteiger partial charge in [-0.25, -0.2) is 10.4 Å². The lowest BCUT2D eigenvalue weighted by molar-refractivity contribution is -0.127. The highest BCUT2D eigenvalue weighted by molar-refractivity contribution is 9.10. The van der Waals surface area contributed by atoms with Crippen molar-refractivity contribution in [2.45, 2.75) is 38.3 Å². The fourth-order valence-corrected chi connectivity index (χ4v) is 3.36. The van der Waals surface area contributed by atoms with E-state index in [4.69, 9.17) is 19.6 Å². The molecule has 0 radical (unpaired) electrons. The van der Waals surface area contributed by atoms with Gasteiger partial charge >= 0.3 is 0 Å². The van der Waals surface area contributed by atoms with Gasteiger partial charge in [-0.2, -0.15) is 0 Å². The van der Waals surface area contributed by atoms with Gasteiger partial charge in [-0.1, -0.05) is 28.1 Å². The second-order valence-electron chi connectivity index (χ2n) is 7.74. The van der Waals surface area contributed by atoms with Gasteiger partial charge in [0.25, 0.3) is 5.91 Å². The van der Waals surface area contributed by atoms with Crippen LogP contribution in [0.5, 0.6) is 5.75 Å². The molecular weight excluding hydrogens is 462 g/mol. The zero-order valence-corrected chi connectivity index (χ0v) is 19.3. The molecular formula is C23H28BrN3O4. The molecule has 1 aliphatic heterocycles. The first-order valence-corrected chi connectivity index (χ1v) is 11.1. The minimum Gasteiger partial charge on any atom is -0.494 e. The first kappa shape index (κ1) is 23.2. The number of nitrogens with zero attached hydrogens (tertiary/aromatic N) is 1. The first-order chi connectivity index (χ1) is 14.9. The number of hydrogen-bond acceptors (Lipinski definition) is 6. The molecule has 8 heteroatoms. The van der Waals surface area contributed by atoms with Gasteiger partial charge in [-0.3, -0.25) is 10.2 Å². The third-order valence-corrected chi connectivity index (χ3v) is 5.27. The van der Waals surface area contributed by atoms with Crippen LogP contribution in [0.4, 0.5) is 0 Å². The molecule has 7 nitrogen and oxygen atoms in total.